The Morgan fingerprint density at radius 3 is 2.83 bits per heavy atom. The van der Waals surface area contributed by atoms with Crippen LogP contribution in [0.5, 0.6) is 5.75 Å². The first-order valence-electron chi connectivity index (χ1n) is 6.97. The van der Waals surface area contributed by atoms with E-state index < -0.39 is 0 Å². The number of aliphatic hydroxyl groups is 1. The molecule has 0 aromatic heterocycles. The average Bonchev–Trinajstić information content (AvgIpc) is 2.74. The second kappa shape index (κ2) is 4.90. The first kappa shape index (κ1) is 12.0. The smallest absolute Gasteiger partial charge is 0.124 e. The molecule has 0 radical (unpaired) electrons. The van der Waals surface area contributed by atoms with Gasteiger partial charge in [-0.2, -0.15) is 0 Å². The highest BCUT2D eigenvalue weighted by atomic mass is 16.5. The first-order valence-corrected chi connectivity index (χ1v) is 6.97. The fourth-order valence-electron chi connectivity index (χ4n) is 3.09. The summed E-state index contributed by atoms with van der Waals surface area (Å²) in [5, 5.41) is 9.92. The van der Waals surface area contributed by atoms with Gasteiger partial charge in [0.25, 0.3) is 0 Å². The summed E-state index contributed by atoms with van der Waals surface area (Å²) in [7, 11) is 0. The van der Waals surface area contributed by atoms with Crippen LogP contribution < -0.4 is 10.5 Å². The van der Waals surface area contributed by atoms with Gasteiger partial charge in [0.05, 0.1) is 6.10 Å². The van der Waals surface area contributed by atoms with E-state index >= 15 is 0 Å². The highest BCUT2D eigenvalue weighted by molar-refractivity contribution is 5.40. The van der Waals surface area contributed by atoms with E-state index in [-0.39, 0.29) is 18.2 Å². The van der Waals surface area contributed by atoms with E-state index in [0.717, 1.165) is 44.3 Å². The van der Waals surface area contributed by atoms with Crippen molar-refractivity contribution in [3.05, 3.63) is 29.3 Å². The van der Waals surface area contributed by atoms with Gasteiger partial charge in [0, 0.05) is 6.04 Å². The van der Waals surface area contributed by atoms with Gasteiger partial charge in [0.1, 0.15) is 11.9 Å². The lowest BCUT2D eigenvalue weighted by Crippen LogP contribution is -2.34. The van der Waals surface area contributed by atoms with Gasteiger partial charge in [-0.15, -0.1) is 0 Å². The summed E-state index contributed by atoms with van der Waals surface area (Å²) in [6.07, 6.45) is 5.81. The topological polar surface area (TPSA) is 55.5 Å². The van der Waals surface area contributed by atoms with E-state index in [4.69, 9.17) is 10.5 Å². The summed E-state index contributed by atoms with van der Waals surface area (Å²) in [5.41, 5.74) is 8.59. The summed E-state index contributed by atoms with van der Waals surface area (Å²) < 4.78 is 5.94. The van der Waals surface area contributed by atoms with Crippen molar-refractivity contribution < 1.29 is 9.84 Å². The maximum Gasteiger partial charge on any atom is 0.124 e. The van der Waals surface area contributed by atoms with E-state index in [1.54, 1.807) is 0 Å². The van der Waals surface area contributed by atoms with Crippen molar-refractivity contribution in [3.8, 4) is 5.75 Å². The normalized spacial score (nSPS) is 31.1. The molecule has 2 aliphatic rings. The number of hydrogen-bond acceptors (Lipinski definition) is 3. The SMILES string of the molecule is N[C@H]1CCc2cc(OC3CCCCC3O)ccc21. The second-order valence-corrected chi connectivity index (χ2v) is 5.51. The maximum absolute atomic E-state index is 9.92. The van der Waals surface area contributed by atoms with Crippen molar-refractivity contribution in [1.29, 1.82) is 0 Å². The monoisotopic (exact) mass is 247 g/mol. The quantitative estimate of drug-likeness (QED) is 0.843. The largest absolute Gasteiger partial charge is 0.488 e. The van der Waals surface area contributed by atoms with Crippen molar-refractivity contribution in [2.24, 2.45) is 5.73 Å². The summed E-state index contributed by atoms with van der Waals surface area (Å²) in [4.78, 5) is 0. The van der Waals surface area contributed by atoms with Crippen molar-refractivity contribution in [2.75, 3.05) is 0 Å². The maximum atomic E-state index is 9.92. The van der Waals surface area contributed by atoms with Crippen molar-refractivity contribution in [3.63, 3.8) is 0 Å². The Labute approximate surface area is 108 Å². The molecule has 0 heterocycles. The number of aliphatic hydroxyl groups excluding tert-OH is 1. The van der Waals surface area contributed by atoms with Crippen LogP contribution in [0, 0.1) is 0 Å². The number of benzene rings is 1. The zero-order valence-corrected chi connectivity index (χ0v) is 10.6. The standard InChI is InChI=1S/C15H21NO2/c16-13-8-5-10-9-11(6-7-12(10)13)18-15-4-2-1-3-14(15)17/h6-7,9,13-15,17H,1-5,8,16H2/t13-,14?,15?/m0/s1. The van der Waals surface area contributed by atoms with Crippen molar-refractivity contribution in [1.82, 2.24) is 0 Å². The molecule has 2 unspecified atom stereocenters. The molecule has 0 spiro atoms. The Bertz CT molecular complexity index is 433. The number of fused-ring (bicyclic) bond motifs is 1. The van der Waals surface area contributed by atoms with E-state index in [0.29, 0.717) is 0 Å². The summed E-state index contributed by atoms with van der Waals surface area (Å²) in [6.45, 7) is 0. The third-order valence-corrected chi connectivity index (χ3v) is 4.19. The molecule has 1 saturated carbocycles. The lowest BCUT2D eigenvalue weighted by atomic mass is 9.95. The molecule has 3 rings (SSSR count). The Kier molecular flexibility index (Phi) is 3.27. The van der Waals surface area contributed by atoms with Gasteiger partial charge < -0.3 is 15.6 Å². The third-order valence-electron chi connectivity index (χ3n) is 4.19. The molecule has 3 nitrogen and oxygen atoms in total. The van der Waals surface area contributed by atoms with Crippen LogP contribution in [-0.4, -0.2) is 17.3 Å². The molecule has 0 aliphatic heterocycles. The Hall–Kier alpha value is -1.06. The van der Waals surface area contributed by atoms with E-state index in [9.17, 15) is 5.11 Å². The Balaban J connectivity index is 1.73. The van der Waals surface area contributed by atoms with Gasteiger partial charge in [0.15, 0.2) is 0 Å². The highest BCUT2D eigenvalue weighted by Gasteiger charge is 2.25. The number of hydrogen-bond donors (Lipinski definition) is 2. The summed E-state index contributed by atoms with van der Waals surface area (Å²) in [6, 6.07) is 6.36. The predicted octanol–water partition coefficient (Wildman–Crippen LogP) is 2.31. The number of nitrogens with two attached hydrogens (primary N) is 1. The Morgan fingerprint density at radius 2 is 2.00 bits per heavy atom. The highest BCUT2D eigenvalue weighted by Crippen LogP contribution is 2.33. The molecule has 1 aromatic carbocycles. The minimum atomic E-state index is -0.311. The molecular weight excluding hydrogens is 226 g/mol. The van der Waals surface area contributed by atoms with Crippen LogP contribution in [0.1, 0.15) is 49.3 Å². The van der Waals surface area contributed by atoms with Gasteiger partial charge in [-0.1, -0.05) is 12.5 Å². The third kappa shape index (κ3) is 2.25. The van der Waals surface area contributed by atoms with Gasteiger partial charge in [-0.3, -0.25) is 0 Å². The van der Waals surface area contributed by atoms with Gasteiger partial charge >= 0.3 is 0 Å². The zero-order chi connectivity index (χ0) is 12.5. The zero-order valence-electron chi connectivity index (χ0n) is 10.6. The van der Waals surface area contributed by atoms with Crippen LogP contribution in [0.15, 0.2) is 18.2 Å². The lowest BCUT2D eigenvalue weighted by molar-refractivity contribution is 0.00684. The minimum Gasteiger partial charge on any atom is -0.488 e. The molecule has 3 heteroatoms. The van der Waals surface area contributed by atoms with E-state index in [1.807, 2.05) is 6.07 Å². The van der Waals surface area contributed by atoms with Crippen LogP contribution in [-0.2, 0) is 6.42 Å². The van der Waals surface area contributed by atoms with Gasteiger partial charge in [-0.25, -0.2) is 0 Å². The fourth-order valence-corrected chi connectivity index (χ4v) is 3.09. The predicted molar refractivity (Wildman–Crippen MR) is 70.6 cm³/mol. The number of rotatable bonds is 2. The van der Waals surface area contributed by atoms with Crippen molar-refractivity contribution in [2.45, 2.75) is 56.8 Å². The molecule has 1 aromatic rings. The molecule has 1 fully saturated rings. The van der Waals surface area contributed by atoms with E-state index in [1.165, 1.54) is 11.1 Å². The molecular formula is C15H21NO2. The van der Waals surface area contributed by atoms with Crippen molar-refractivity contribution >= 4 is 0 Å². The number of aryl methyl sites for hydroxylation is 1. The average molecular weight is 247 g/mol. The molecule has 3 N–H and O–H groups in total. The minimum absolute atomic E-state index is 0.0353. The van der Waals surface area contributed by atoms with E-state index in [2.05, 4.69) is 12.1 Å². The molecule has 3 atom stereocenters. The molecule has 0 bridgehead atoms. The molecule has 0 amide bonds. The fraction of sp³-hybridized carbons (Fsp3) is 0.600. The Morgan fingerprint density at radius 1 is 1.17 bits per heavy atom. The van der Waals surface area contributed by atoms with Crippen LogP contribution in [0.2, 0.25) is 0 Å². The first-order chi connectivity index (χ1) is 8.74. The second-order valence-electron chi connectivity index (χ2n) is 5.51. The summed E-state index contributed by atoms with van der Waals surface area (Å²) >= 11 is 0. The number of ether oxygens (including phenoxy) is 1. The lowest BCUT2D eigenvalue weighted by Gasteiger charge is -2.28. The van der Waals surface area contributed by atoms with Crippen LogP contribution in [0.3, 0.4) is 0 Å². The van der Waals surface area contributed by atoms with Gasteiger partial charge in [0.2, 0.25) is 0 Å². The van der Waals surface area contributed by atoms with Crippen LogP contribution in [0.25, 0.3) is 0 Å². The van der Waals surface area contributed by atoms with Gasteiger partial charge in [-0.05, 0) is 55.4 Å². The summed E-state index contributed by atoms with van der Waals surface area (Å²) in [5.74, 6) is 0.883. The van der Waals surface area contributed by atoms with Crippen LogP contribution >= 0.6 is 0 Å². The molecule has 98 valence electrons. The van der Waals surface area contributed by atoms with Crippen LogP contribution in [0.4, 0.5) is 0 Å². The molecule has 0 saturated heterocycles. The molecule has 18 heavy (non-hydrogen) atoms. The molecule has 2 aliphatic carbocycles.